The third-order valence-corrected chi connectivity index (χ3v) is 6.50. The van der Waals surface area contributed by atoms with E-state index in [1.165, 1.54) is 16.0 Å². The molecule has 1 fully saturated rings. The van der Waals surface area contributed by atoms with Gasteiger partial charge in [0, 0.05) is 17.7 Å². The van der Waals surface area contributed by atoms with E-state index in [1.807, 2.05) is 22.2 Å². The highest BCUT2D eigenvalue weighted by atomic mass is 32.1. The third kappa shape index (κ3) is 4.46. The highest BCUT2D eigenvalue weighted by Crippen LogP contribution is 2.18. The molecule has 0 bridgehead atoms. The van der Waals surface area contributed by atoms with E-state index < -0.39 is 0 Å². The molecule has 4 rings (SSSR count). The number of piperazine rings is 1. The van der Waals surface area contributed by atoms with Gasteiger partial charge in [-0.05, 0) is 19.1 Å². The quantitative estimate of drug-likeness (QED) is 0.447. The normalized spacial score (nSPS) is 19.1. The number of benzene rings is 2. The van der Waals surface area contributed by atoms with Gasteiger partial charge in [-0.1, -0.05) is 66.7 Å². The van der Waals surface area contributed by atoms with Gasteiger partial charge in [-0.15, -0.1) is 6.58 Å². The molecule has 0 unspecified atom stereocenters. The van der Waals surface area contributed by atoms with Crippen LogP contribution < -0.4 is 9.80 Å². The van der Waals surface area contributed by atoms with Gasteiger partial charge in [-0.3, -0.25) is 0 Å². The number of rotatable bonds is 7. The molecule has 0 amide bonds. The first-order chi connectivity index (χ1) is 14.7. The lowest BCUT2D eigenvalue weighted by Gasteiger charge is -2.35. The summed E-state index contributed by atoms with van der Waals surface area (Å²) in [5.74, 6) is 0.955. The van der Waals surface area contributed by atoms with Gasteiger partial charge in [0.1, 0.15) is 38.0 Å². The maximum atomic E-state index is 5.64. The largest absolute Gasteiger partial charge is 0.316 e. The van der Waals surface area contributed by atoms with Gasteiger partial charge >= 0.3 is 0 Å². The minimum Gasteiger partial charge on any atom is -0.316 e. The van der Waals surface area contributed by atoms with E-state index in [2.05, 4.69) is 72.3 Å². The summed E-state index contributed by atoms with van der Waals surface area (Å²) in [5, 5.41) is 4.67. The summed E-state index contributed by atoms with van der Waals surface area (Å²) < 4.78 is 4.82. The molecule has 0 aliphatic carbocycles. The van der Waals surface area contributed by atoms with Crippen molar-refractivity contribution in [3.8, 4) is 0 Å². The second-order valence-corrected chi connectivity index (χ2v) is 8.41. The molecule has 3 aromatic rings. The van der Waals surface area contributed by atoms with Crippen LogP contribution in [0.15, 0.2) is 73.3 Å². The molecular formula is C24H31N5S+2. The Morgan fingerprint density at radius 3 is 2.10 bits per heavy atom. The van der Waals surface area contributed by atoms with E-state index in [1.54, 1.807) is 4.90 Å². The molecule has 1 aliphatic heterocycles. The second-order valence-electron chi connectivity index (χ2n) is 8.05. The Hall–Kier alpha value is -2.54. The molecule has 0 radical (unpaired) electrons. The zero-order valence-electron chi connectivity index (χ0n) is 17.6. The molecule has 30 heavy (non-hydrogen) atoms. The summed E-state index contributed by atoms with van der Waals surface area (Å²) >= 11 is 5.64. The number of quaternary nitrogens is 2. The van der Waals surface area contributed by atoms with Gasteiger partial charge in [0.2, 0.25) is 4.77 Å². The first-order valence-corrected chi connectivity index (χ1v) is 11.1. The van der Waals surface area contributed by atoms with Gasteiger partial charge < -0.3 is 14.4 Å². The molecule has 156 valence electrons. The van der Waals surface area contributed by atoms with Crippen LogP contribution in [0.2, 0.25) is 0 Å². The third-order valence-electron chi connectivity index (χ3n) is 6.07. The molecule has 0 spiro atoms. The number of aromatic nitrogens is 3. The van der Waals surface area contributed by atoms with Gasteiger partial charge in [0.25, 0.3) is 0 Å². The van der Waals surface area contributed by atoms with E-state index in [-0.39, 0.29) is 0 Å². The van der Waals surface area contributed by atoms with Crippen LogP contribution >= 0.6 is 12.2 Å². The Morgan fingerprint density at radius 1 is 1.00 bits per heavy atom. The van der Waals surface area contributed by atoms with Crippen LogP contribution in [-0.4, -0.2) is 40.5 Å². The number of hydrogen-bond donors (Lipinski definition) is 2. The minimum atomic E-state index is 0.380. The second kappa shape index (κ2) is 9.51. The molecular weight excluding hydrogens is 390 g/mol. The molecule has 6 heteroatoms. The molecule has 0 atom stereocenters. The van der Waals surface area contributed by atoms with Crippen LogP contribution in [0.3, 0.4) is 0 Å². The predicted octanol–water partition coefficient (Wildman–Crippen LogP) is 1.44. The number of nitrogens with one attached hydrogen (secondary N) is 2. The maximum absolute atomic E-state index is 5.64. The van der Waals surface area contributed by atoms with E-state index in [0.717, 1.165) is 43.4 Å². The Balaban J connectivity index is 1.47. The summed E-state index contributed by atoms with van der Waals surface area (Å²) in [6.07, 6.45) is 1.87. The molecule has 1 aliphatic rings. The molecule has 1 saturated heterocycles. The topological polar surface area (TPSA) is 31.6 Å². The van der Waals surface area contributed by atoms with Crippen LogP contribution in [0, 0.1) is 11.7 Å². The minimum absolute atomic E-state index is 0.380. The lowest BCUT2D eigenvalue weighted by atomic mass is 9.96. The summed E-state index contributed by atoms with van der Waals surface area (Å²) in [5.41, 5.74) is 2.78. The first kappa shape index (κ1) is 20.7. The SMILES string of the molecule is C=CCn1c(C)nn(C[NH+]2CC[NH+](C(c3ccccc3)c3ccccc3)CC2)c1=S. The summed E-state index contributed by atoms with van der Waals surface area (Å²) in [7, 11) is 0. The number of allylic oxidation sites excluding steroid dienone is 1. The van der Waals surface area contributed by atoms with E-state index in [9.17, 15) is 0 Å². The average molecular weight is 422 g/mol. The smallest absolute Gasteiger partial charge is 0.203 e. The maximum Gasteiger partial charge on any atom is 0.203 e. The first-order valence-electron chi connectivity index (χ1n) is 10.7. The van der Waals surface area contributed by atoms with Crippen molar-refractivity contribution in [2.75, 3.05) is 26.2 Å². The summed E-state index contributed by atoms with van der Waals surface area (Å²) in [4.78, 5) is 3.17. The zero-order valence-corrected chi connectivity index (χ0v) is 18.4. The van der Waals surface area contributed by atoms with Crippen molar-refractivity contribution in [3.05, 3.63) is 95.0 Å². The molecule has 2 heterocycles. The van der Waals surface area contributed by atoms with Crippen molar-refractivity contribution < 1.29 is 9.80 Å². The van der Waals surface area contributed by atoms with Crippen LogP contribution in [0.1, 0.15) is 23.0 Å². The van der Waals surface area contributed by atoms with Crippen molar-refractivity contribution in [3.63, 3.8) is 0 Å². The van der Waals surface area contributed by atoms with Gasteiger partial charge in [-0.25, -0.2) is 0 Å². The van der Waals surface area contributed by atoms with E-state index in [4.69, 9.17) is 12.2 Å². The number of nitrogens with zero attached hydrogens (tertiary/aromatic N) is 3. The standard InChI is InChI=1S/C24H29N5S/c1-3-14-28-20(2)25-29(24(28)30)19-26-15-17-27(18-16-26)23(21-10-6-4-7-11-21)22-12-8-5-9-13-22/h3-13,23H,1,14-19H2,2H3/p+2. The van der Waals surface area contributed by atoms with E-state index >= 15 is 0 Å². The van der Waals surface area contributed by atoms with Crippen molar-refractivity contribution >= 4 is 12.2 Å². The fourth-order valence-corrected chi connectivity index (χ4v) is 4.84. The molecule has 5 nitrogen and oxygen atoms in total. The molecule has 2 N–H and O–H groups in total. The Labute approximate surface area is 183 Å². The molecule has 0 saturated carbocycles. The number of hydrogen-bond acceptors (Lipinski definition) is 2. The monoisotopic (exact) mass is 421 g/mol. The highest BCUT2D eigenvalue weighted by molar-refractivity contribution is 7.71. The Morgan fingerprint density at radius 2 is 1.57 bits per heavy atom. The lowest BCUT2D eigenvalue weighted by Crippen LogP contribution is -3.27. The van der Waals surface area contributed by atoms with Crippen molar-refractivity contribution in [1.82, 2.24) is 14.3 Å². The van der Waals surface area contributed by atoms with Crippen LogP contribution in [0.5, 0.6) is 0 Å². The summed E-state index contributed by atoms with van der Waals surface area (Å²) in [6.45, 7) is 11.9. The average Bonchev–Trinajstić information content (AvgIpc) is 3.04. The van der Waals surface area contributed by atoms with Gasteiger partial charge in [0.05, 0.1) is 0 Å². The van der Waals surface area contributed by atoms with Crippen molar-refractivity contribution in [1.29, 1.82) is 0 Å². The van der Waals surface area contributed by atoms with E-state index in [0.29, 0.717) is 12.6 Å². The van der Waals surface area contributed by atoms with Gasteiger partial charge in [0.15, 0.2) is 6.67 Å². The van der Waals surface area contributed by atoms with Gasteiger partial charge in [-0.2, -0.15) is 9.78 Å². The van der Waals surface area contributed by atoms with Crippen molar-refractivity contribution in [2.24, 2.45) is 0 Å². The zero-order chi connectivity index (χ0) is 20.9. The van der Waals surface area contributed by atoms with Crippen LogP contribution in [0.4, 0.5) is 0 Å². The molecule has 2 aromatic carbocycles. The molecule has 1 aromatic heterocycles. The van der Waals surface area contributed by atoms with Crippen LogP contribution in [-0.2, 0) is 13.2 Å². The number of aryl methyl sites for hydroxylation is 1. The fraction of sp³-hybridized carbons (Fsp3) is 0.333. The fourth-order valence-electron chi connectivity index (χ4n) is 4.53. The lowest BCUT2D eigenvalue weighted by molar-refractivity contribution is -1.03. The highest BCUT2D eigenvalue weighted by Gasteiger charge is 2.32. The predicted molar refractivity (Wildman–Crippen MR) is 122 cm³/mol. The summed E-state index contributed by atoms with van der Waals surface area (Å²) in [6, 6.07) is 22.2. The Kier molecular flexibility index (Phi) is 6.57. The Bertz CT molecular complexity index is 977. The van der Waals surface area contributed by atoms with Crippen molar-refractivity contribution in [2.45, 2.75) is 26.2 Å². The van der Waals surface area contributed by atoms with Crippen LogP contribution in [0.25, 0.3) is 0 Å².